The molecular formula is C13H16ClN3O2. The Hall–Kier alpha value is -1.72. The average Bonchev–Trinajstić information content (AvgIpc) is 2.28. The van der Waals surface area contributed by atoms with Gasteiger partial charge in [-0.3, -0.25) is 4.79 Å². The van der Waals surface area contributed by atoms with Crippen LogP contribution in [0.3, 0.4) is 0 Å². The molecular weight excluding hydrogens is 266 g/mol. The lowest BCUT2D eigenvalue weighted by Gasteiger charge is -2.27. The van der Waals surface area contributed by atoms with Gasteiger partial charge in [0.25, 0.3) is 0 Å². The van der Waals surface area contributed by atoms with Crippen LogP contribution in [0, 0.1) is 6.92 Å². The molecule has 0 radical (unpaired) electrons. The highest BCUT2D eigenvalue weighted by Gasteiger charge is 2.18. The maximum atomic E-state index is 11.7. The molecule has 0 aliphatic carbocycles. The number of nitrogens with two attached hydrogens (primary N) is 1. The zero-order valence-electron chi connectivity index (χ0n) is 10.5. The van der Waals surface area contributed by atoms with Gasteiger partial charge in [-0.25, -0.2) is 0 Å². The van der Waals surface area contributed by atoms with E-state index < -0.39 is 0 Å². The number of rotatable bonds is 3. The Morgan fingerprint density at radius 2 is 2.26 bits per heavy atom. The Labute approximate surface area is 116 Å². The molecule has 1 amide bonds. The minimum Gasteiger partial charge on any atom is -0.507 e. The Morgan fingerprint density at radius 1 is 1.58 bits per heavy atom. The van der Waals surface area contributed by atoms with Crippen molar-refractivity contribution in [2.45, 2.75) is 13.0 Å². The zero-order valence-corrected chi connectivity index (χ0v) is 11.3. The number of amides is 1. The summed E-state index contributed by atoms with van der Waals surface area (Å²) < 4.78 is 0. The van der Waals surface area contributed by atoms with E-state index in [0.717, 1.165) is 18.7 Å². The molecule has 1 aromatic rings. The quantitative estimate of drug-likeness (QED) is 0.616. The van der Waals surface area contributed by atoms with Crippen LogP contribution in [0.5, 0.6) is 5.75 Å². The number of aromatic hydroxyl groups is 1. The molecule has 6 heteroatoms. The topological polar surface area (TPSA) is 87.4 Å². The smallest absolute Gasteiger partial charge is 0.246 e. The first-order valence-electron chi connectivity index (χ1n) is 5.95. The molecule has 0 spiro atoms. The molecule has 5 N–H and O–H groups in total. The Kier molecular flexibility index (Phi) is 3.97. The van der Waals surface area contributed by atoms with Crippen LogP contribution in [0.15, 0.2) is 18.2 Å². The van der Waals surface area contributed by atoms with Crippen LogP contribution >= 0.6 is 11.6 Å². The predicted molar refractivity (Wildman–Crippen MR) is 74.8 cm³/mol. The third-order valence-corrected chi connectivity index (χ3v) is 3.41. The normalized spacial score (nSPS) is 16.0. The van der Waals surface area contributed by atoms with Crippen molar-refractivity contribution in [3.63, 3.8) is 0 Å². The van der Waals surface area contributed by atoms with Crippen molar-refractivity contribution in [2.75, 3.05) is 13.1 Å². The van der Waals surface area contributed by atoms with Crippen molar-refractivity contribution < 1.29 is 9.90 Å². The SMILES string of the molecule is Cc1cc(O)c(C(N)=CC(=O)NC2CNC2)cc1Cl. The maximum absolute atomic E-state index is 11.7. The number of aryl methyl sites for hydroxylation is 1. The summed E-state index contributed by atoms with van der Waals surface area (Å²) >= 11 is 5.98. The van der Waals surface area contributed by atoms with Crippen molar-refractivity contribution in [3.05, 3.63) is 34.4 Å². The highest BCUT2D eigenvalue weighted by atomic mass is 35.5. The number of hydrogen-bond acceptors (Lipinski definition) is 4. The molecule has 1 aliphatic heterocycles. The summed E-state index contributed by atoms with van der Waals surface area (Å²) in [6.07, 6.45) is 1.26. The molecule has 5 nitrogen and oxygen atoms in total. The highest BCUT2D eigenvalue weighted by molar-refractivity contribution is 6.31. The molecule has 1 saturated heterocycles. The van der Waals surface area contributed by atoms with Crippen LogP contribution in [0.25, 0.3) is 5.70 Å². The summed E-state index contributed by atoms with van der Waals surface area (Å²) in [5.74, 6) is -0.270. The van der Waals surface area contributed by atoms with E-state index in [2.05, 4.69) is 10.6 Å². The number of phenolic OH excluding ortho intramolecular Hbond substituents is 1. The van der Waals surface area contributed by atoms with Gasteiger partial charge in [0.1, 0.15) is 5.75 Å². The predicted octanol–water partition coefficient (Wildman–Crippen LogP) is 0.742. The second-order valence-corrected chi connectivity index (χ2v) is 4.99. The fourth-order valence-electron chi connectivity index (χ4n) is 1.75. The van der Waals surface area contributed by atoms with Gasteiger partial charge in [-0.2, -0.15) is 0 Å². The third-order valence-electron chi connectivity index (χ3n) is 3.00. The van der Waals surface area contributed by atoms with Crippen LogP contribution in [0.2, 0.25) is 5.02 Å². The lowest BCUT2D eigenvalue weighted by molar-refractivity contribution is -0.117. The monoisotopic (exact) mass is 281 g/mol. The molecule has 2 rings (SSSR count). The molecule has 1 aromatic carbocycles. The minimum absolute atomic E-state index is 0.00811. The van der Waals surface area contributed by atoms with Gasteiger partial charge in [0.2, 0.25) is 5.91 Å². The number of carbonyl (C=O) groups is 1. The number of hydrogen-bond donors (Lipinski definition) is 4. The van der Waals surface area contributed by atoms with Gasteiger partial charge >= 0.3 is 0 Å². The summed E-state index contributed by atoms with van der Waals surface area (Å²) in [5.41, 5.74) is 7.11. The van der Waals surface area contributed by atoms with E-state index in [4.69, 9.17) is 17.3 Å². The summed E-state index contributed by atoms with van der Waals surface area (Å²) in [6.45, 7) is 3.31. The third kappa shape index (κ3) is 3.19. The van der Waals surface area contributed by atoms with Crippen LogP contribution in [0.1, 0.15) is 11.1 Å². The molecule has 1 fully saturated rings. The van der Waals surface area contributed by atoms with Gasteiger partial charge in [-0.15, -0.1) is 0 Å². The van der Waals surface area contributed by atoms with Crippen molar-refractivity contribution in [1.82, 2.24) is 10.6 Å². The van der Waals surface area contributed by atoms with Crippen LogP contribution in [-0.2, 0) is 4.79 Å². The van der Waals surface area contributed by atoms with Crippen molar-refractivity contribution in [2.24, 2.45) is 5.73 Å². The van der Waals surface area contributed by atoms with Gasteiger partial charge in [-0.05, 0) is 24.6 Å². The second-order valence-electron chi connectivity index (χ2n) is 4.58. The molecule has 1 aliphatic rings. The molecule has 0 bridgehead atoms. The van der Waals surface area contributed by atoms with Gasteiger partial charge < -0.3 is 21.5 Å². The fourth-order valence-corrected chi connectivity index (χ4v) is 1.91. The average molecular weight is 282 g/mol. The first-order chi connectivity index (χ1) is 8.97. The Bertz CT molecular complexity index is 539. The first kappa shape index (κ1) is 13.7. The lowest BCUT2D eigenvalue weighted by atomic mass is 10.1. The van der Waals surface area contributed by atoms with Gasteiger partial charge in [0.15, 0.2) is 0 Å². The van der Waals surface area contributed by atoms with Crippen molar-refractivity contribution in [1.29, 1.82) is 0 Å². The maximum Gasteiger partial charge on any atom is 0.246 e. The van der Waals surface area contributed by atoms with Crippen molar-refractivity contribution >= 4 is 23.2 Å². The molecule has 102 valence electrons. The Balaban J connectivity index is 2.15. The molecule has 0 unspecified atom stereocenters. The van der Waals surface area contributed by atoms with E-state index in [0.29, 0.717) is 10.6 Å². The zero-order chi connectivity index (χ0) is 14.0. The molecule has 0 saturated carbocycles. The van der Waals surface area contributed by atoms with Gasteiger partial charge in [0, 0.05) is 35.4 Å². The van der Waals surface area contributed by atoms with E-state index in [1.807, 2.05) is 0 Å². The standard InChI is InChI=1S/C13H16ClN3O2/c1-7-2-12(18)9(3-10(7)14)11(15)4-13(19)17-8-5-16-6-8/h2-4,8,16,18H,5-6,15H2,1H3,(H,17,19). The van der Waals surface area contributed by atoms with E-state index in [9.17, 15) is 9.90 Å². The van der Waals surface area contributed by atoms with E-state index in [1.54, 1.807) is 13.0 Å². The summed E-state index contributed by atoms with van der Waals surface area (Å²) in [4.78, 5) is 11.7. The number of phenols is 1. The van der Waals surface area contributed by atoms with Crippen molar-refractivity contribution in [3.8, 4) is 5.75 Å². The number of halogens is 1. The fraction of sp³-hybridized carbons (Fsp3) is 0.308. The lowest BCUT2D eigenvalue weighted by Crippen LogP contribution is -2.56. The van der Waals surface area contributed by atoms with Gasteiger partial charge in [0.05, 0.1) is 6.04 Å². The summed E-state index contributed by atoms with van der Waals surface area (Å²) in [6, 6.07) is 3.22. The number of benzene rings is 1. The minimum atomic E-state index is -0.278. The van der Waals surface area contributed by atoms with E-state index in [1.165, 1.54) is 12.1 Å². The molecule has 0 atom stereocenters. The van der Waals surface area contributed by atoms with Crippen LogP contribution in [0.4, 0.5) is 0 Å². The molecule has 1 heterocycles. The largest absolute Gasteiger partial charge is 0.507 e. The summed E-state index contributed by atoms with van der Waals surface area (Å²) in [7, 11) is 0. The first-order valence-corrected chi connectivity index (χ1v) is 6.33. The van der Waals surface area contributed by atoms with Crippen LogP contribution in [-0.4, -0.2) is 30.1 Å². The van der Waals surface area contributed by atoms with Gasteiger partial charge in [-0.1, -0.05) is 11.6 Å². The molecule has 19 heavy (non-hydrogen) atoms. The summed E-state index contributed by atoms with van der Waals surface area (Å²) in [5, 5.41) is 16.2. The number of nitrogens with one attached hydrogen (secondary N) is 2. The van der Waals surface area contributed by atoms with E-state index in [-0.39, 0.29) is 23.4 Å². The second kappa shape index (κ2) is 5.50. The highest BCUT2D eigenvalue weighted by Crippen LogP contribution is 2.28. The number of carbonyl (C=O) groups excluding carboxylic acids is 1. The van der Waals surface area contributed by atoms with E-state index >= 15 is 0 Å². The van der Waals surface area contributed by atoms with Crippen LogP contribution < -0.4 is 16.4 Å². The molecule has 0 aromatic heterocycles. The Morgan fingerprint density at radius 3 is 2.84 bits per heavy atom.